The van der Waals surface area contributed by atoms with Gasteiger partial charge in [0.05, 0.1) is 0 Å². The fourth-order valence-corrected chi connectivity index (χ4v) is 4.63. The van der Waals surface area contributed by atoms with E-state index in [0.29, 0.717) is 84.6 Å². The zero-order valence-corrected chi connectivity index (χ0v) is 29.8. The molecule has 51 heavy (non-hydrogen) atoms. The van der Waals surface area contributed by atoms with E-state index in [-0.39, 0.29) is 49.8 Å². The molecule has 0 aromatic heterocycles. The number of ether oxygens (including phenoxy) is 2. The molecule has 0 aliphatic heterocycles. The molecule has 0 heterocycles. The summed E-state index contributed by atoms with van der Waals surface area (Å²) in [5, 5.41) is 28.2. The van der Waals surface area contributed by atoms with E-state index in [1.807, 2.05) is 0 Å². The number of carboxylic acid groups (broad SMARTS) is 2. The molecule has 0 aromatic carbocycles. The molecule has 0 bridgehead atoms. The third-order valence-corrected chi connectivity index (χ3v) is 7.61. The summed E-state index contributed by atoms with van der Waals surface area (Å²) in [4.78, 5) is 81.3. The Morgan fingerprint density at radius 3 is 1.53 bits per heavy atom. The van der Waals surface area contributed by atoms with E-state index in [2.05, 4.69) is 26.7 Å². The maximum atomic E-state index is 12.3. The zero-order chi connectivity index (χ0) is 38.1. The third-order valence-electron chi connectivity index (χ3n) is 7.61. The molecule has 0 spiro atoms. The molecule has 0 rings (SSSR count). The third kappa shape index (κ3) is 30.7. The topological polar surface area (TPSA) is 291 Å². The van der Waals surface area contributed by atoms with Crippen molar-refractivity contribution in [1.29, 1.82) is 0 Å². The number of nitrogens with one attached hydrogen (secondary N) is 5. The van der Waals surface area contributed by atoms with Gasteiger partial charge in [-0.15, -0.1) is 0 Å². The molecule has 0 saturated heterocycles. The first kappa shape index (κ1) is 47.1. The Morgan fingerprint density at radius 1 is 0.510 bits per heavy atom. The Kier molecular flexibility index (Phi) is 29.6. The Morgan fingerprint density at radius 2 is 1.00 bits per heavy atom. The standard InChI is InChI=1S/C33H61N7O11/c34-32(47)25(14-15-28(42)36-18-6-5-11-26(40-35)33(48)49)39-30(44)17-16-29(43)38-20-10-24-51-22-8-7-21-50-23-9-19-37-27(41)12-3-1-2-4-13-31(45)46/h25-26,40H,1-24,35H2,(H2,34,47)(H,36,42)(H,37,41)(H,38,43)(H,39,44)(H,45,46)(H,48,49)/t25-,26-/m0/s1. The molecule has 0 aliphatic carbocycles. The Hall–Kier alpha value is -3.87. The maximum Gasteiger partial charge on any atom is 0.322 e. The van der Waals surface area contributed by atoms with Gasteiger partial charge in [0.2, 0.25) is 29.5 Å². The number of hydrogen-bond donors (Lipinski definition) is 9. The van der Waals surface area contributed by atoms with Crippen LogP contribution in [-0.4, -0.2) is 110 Å². The summed E-state index contributed by atoms with van der Waals surface area (Å²) in [6.45, 7) is 3.44. The van der Waals surface area contributed by atoms with Gasteiger partial charge in [0, 0.05) is 78.2 Å². The second kappa shape index (κ2) is 32.1. The van der Waals surface area contributed by atoms with Crippen LogP contribution in [0.25, 0.3) is 0 Å². The summed E-state index contributed by atoms with van der Waals surface area (Å²) >= 11 is 0. The van der Waals surface area contributed by atoms with Crippen LogP contribution in [0.15, 0.2) is 0 Å². The SMILES string of the molecule is NN[C@@H](CCCCNC(=O)CC[C@H](NC(=O)CCC(=O)NCCCOCCCCOCCCNC(=O)CCCCCCC(=O)O)C(N)=O)C(=O)O. The molecule has 18 heteroatoms. The van der Waals surface area contributed by atoms with Crippen LogP contribution >= 0.6 is 0 Å². The van der Waals surface area contributed by atoms with Crippen LogP contribution in [0.5, 0.6) is 0 Å². The largest absolute Gasteiger partial charge is 0.481 e. The van der Waals surface area contributed by atoms with Crippen LogP contribution in [0.4, 0.5) is 0 Å². The van der Waals surface area contributed by atoms with Gasteiger partial charge >= 0.3 is 11.9 Å². The van der Waals surface area contributed by atoms with Gasteiger partial charge in [-0.3, -0.25) is 39.4 Å². The number of hydrogen-bond acceptors (Lipinski definition) is 11. The Balaban J connectivity index is 3.73. The van der Waals surface area contributed by atoms with Crippen LogP contribution < -0.4 is 38.3 Å². The maximum absolute atomic E-state index is 12.3. The number of rotatable bonds is 35. The lowest BCUT2D eigenvalue weighted by Gasteiger charge is -2.15. The lowest BCUT2D eigenvalue weighted by atomic mass is 10.1. The molecule has 0 aromatic rings. The second-order valence-electron chi connectivity index (χ2n) is 12.1. The summed E-state index contributed by atoms with van der Waals surface area (Å²) in [7, 11) is 0. The van der Waals surface area contributed by atoms with Gasteiger partial charge in [-0.1, -0.05) is 12.8 Å². The van der Waals surface area contributed by atoms with E-state index in [1.165, 1.54) is 0 Å². The fourth-order valence-electron chi connectivity index (χ4n) is 4.63. The van der Waals surface area contributed by atoms with Gasteiger partial charge in [-0.25, -0.2) is 5.43 Å². The lowest BCUT2D eigenvalue weighted by Crippen LogP contribution is -2.45. The van der Waals surface area contributed by atoms with Crippen molar-refractivity contribution in [1.82, 2.24) is 26.7 Å². The second-order valence-corrected chi connectivity index (χ2v) is 12.1. The molecule has 0 unspecified atom stereocenters. The van der Waals surface area contributed by atoms with E-state index in [1.54, 1.807) is 0 Å². The number of nitrogens with two attached hydrogens (primary N) is 2. The monoisotopic (exact) mass is 731 g/mol. The minimum atomic E-state index is -1.06. The molecule has 294 valence electrons. The van der Waals surface area contributed by atoms with Crippen molar-refractivity contribution in [2.24, 2.45) is 11.6 Å². The molecule has 0 radical (unpaired) electrons. The average molecular weight is 732 g/mol. The minimum absolute atomic E-state index is 0.00245. The van der Waals surface area contributed by atoms with Crippen molar-refractivity contribution in [2.45, 2.75) is 121 Å². The van der Waals surface area contributed by atoms with Gasteiger partial charge in [-0.2, -0.15) is 0 Å². The first-order valence-corrected chi connectivity index (χ1v) is 17.9. The van der Waals surface area contributed by atoms with Crippen molar-refractivity contribution >= 4 is 41.5 Å². The summed E-state index contributed by atoms with van der Waals surface area (Å²) in [6, 6.07) is -1.92. The number of amides is 5. The Bertz CT molecular complexity index is 1030. The molecule has 5 amide bonds. The van der Waals surface area contributed by atoms with E-state index >= 15 is 0 Å². The smallest absolute Gasteiger partial charge is 0.322 e. The average Bonchev–Trinajstić information content (AvgIpc) is 3.08. The predicted molar refractivity (Wildman–Crippen MR) is 187 cm³/mol. The molecule has 18 nitrogen and oxygen atoms in total. The fraction of sp³-hybridized carbons (Fsp3) is 0.788. The van der Waals surface area contributed by atoms with Crippen LogP contribution in [0, 0.1) is 0 Å². The first-order chi connectivity index (χ1) is 24.5. The van der Waals surface area contributed by atoms with Crippen molar-refractivity contribution in [2.75, 3.05) is 46.1 Å². The number of aliphatic carboxylic acids is 2. The van der Waals surface area contributed by atoms with Crippen LogP contribution in [0.2, 0.25) is 0 Å². The summed E-state index contributed by atoms with van der Waals surface area (Å²) in [6.07, 6.45) is 7.75. The minimum Gasteiger partial charge on any atom is -0.481 e. The number of primary amides is 1. The van der Waals surface area contributed by atoms with Crippen molar-refractivity contribution in [3.8, 4) is 0 Å². The van der Waals surface area contributed by atoms with Gasteiger partial charge in [0.15, 0.2) is 0 Å². The van der Waals surface area contributed by atoms with Gasteiger partial charge in [-0.05, 0) is 64.2 Å². The quantitative estimate of drug-likeness (QED) is 0.0235. The lowest BCUT2D eigenvalue weighted by molar-refractivity contribution is -0.140. The van der Waals surface area contributed by atoms with Gasteiger partial charge in [0.25, 0.3) is 0 Å². The van der Waals surface area contributed by atoms with Gasteiger partial charge < -0.3 is 46.7 Å². The summed E-state index contributed by atoms with van der Waals surface area (Å²) < 4.78 is 11.1. The van der Waals surface area contributed by atoms with Crippen LogP contribution in [0.1, 0.15) is 109 Å². The molecule has 11 N–H and O–H groups in total. The van der Waals surface area contributed by atoms with Gasteiger partial charge in [0.1, 0.15) is 12.1 Å². The molecule has 0 saturated carbocycles. The van der Waals surface area contributed by atoms with Crippen LogP contribution in [0.3, 0.4) is 0 Å². The number of carboxylic acids is 2. The highest BCUT2D eigenvalue weighted by Crippen LogP contribution is 2.06. The number of unbranched alkanes of at least 4 members (excludes halogenated alkanes) is 5. The van der Waals surface area contributed by atoms with Crippen molar-refractivity contribution in [3.63, 3.8) is 0 Å². The highest BCUT2D eigenvalue weighted by molar-refractivity contribution is 5.89. The van der Waals surface area contributed by atoms with E-state index in [0.717, 1.165) is 38.5 Å². The highest BCUT2D eigenvalue weighted by atomic mass is 16.5. The Labute approximate surface area is 300 Å². The molecule has 0 fully saturated rings. The molecular formula is C33H61N7O11. The normalized spacial score (nSPS) is 12.0. The summed E-state index contributed by atoms with van der Waals surface area (Å²) in [5.74, 6) is 1.33. The van der Waals surface area contributed by atoms with E-state index in [4.69, 9.17) is 31.3 Å². The molecule has 2 atom stereocenters. The van der Waals surface area contributed by atoms with Crippen molar-refractivity contribution < 1.29 is 53.2 Å². The van der Waals surface area contributed by atoms with Crippen LogP contribution in [-0.2, 0) is 43.0 Å². The number of carbonyl (C=O) groups is 7. The number of hydrazine groups is 1. The highest BCUT2D eigenvalue weighted by Gasteiger charge is 2.20. The summed E-state index contributed by atoms with van der Waals surface area (Å²) in [5.41, 5.74) is 7.56. The van der Waals surface area contributed by atoms with E-state index < -0.39 is 35.8 Å². The first-order valence-electron chi connectivity index (χ1n) is 17.9. The molecular weight excluding hydrogens is 670 g/mol. The van der Waals surface area contributed by atoms with Crippen molar-refractivity contribution in [3.05, 3.63) is 0 Å². The van der Waals surface area contributed by atoms with E-state index in [9.17, 15) is 33.6 Å². The number of carbonyl (C=O) groups excluding carboxylic acids is 5. The zero-order valence-electron chi connectivity index (χ0n) is 29.8. The molecule has 0 aliphatic rings. The predicted octanol–water partition coefficient (Wildman–Crippen LogP) is -0.0289.